The monoisotopic (exact) mass is 423 g/mol. The molecule has 1 aliphatic rings. The molecule has 0 radical (unpaired) electrons. The quantitative estimate of drug-likeness (QED) is 0.619. The van der Waals surface area contributed by atoms with Gasteiger partial charge in [-0.3, -0.25) is 4.79 Å². The van der Waals surface area contributed by atoms with E-state index in [4.69, 9.17) is 14.7 Å². The molecule has 166 valence electrons. The SMILES string of the molecule is CCCCC(CC)c1nc2n(c(=O)c1C)N=C(C)C2=Nc1ccc(N(C)C)cc1OC. The Bertz CT molecular complexity index is 1080. The van der Waals surface area contributed by atoms with E-state index in [1.54, 1.807) is 7.11 Å². The van der Waals surface area contributed by atoms with Gasteiger partial charge < -0.3 is 9.64 Å². The summed E-state index contributed by atoms with van der Waals surface area (Å²) >= 11 is 0. The highest BCUT2D eigenvalue weighted by Gasteiger charge is 2.27. The highest BCUT2D eigenvalue weighted by Crippen LogP contribution is 2.33. The summed E-state index contributed by atoms with van der Waals surface area (Å²) in [5.41, 5.74) is 4.42. The predicted octanol–water partition coefficient (Wildman–Crippen LogP) is 4.67. The van der Waals surface area contributed by atoms with Gasteiger partial charge >= 0.3 is 0 Å². The maximum atomic E-state index is 13.1. The second-order valence-corrected chi connectivity index (χ2v) is 8.21. The van der Waals surface area contributed by atoms with Gasteiger partial charge in [0.25, 0.3) is 5.56 Å². The van der Waals surface area contributed by atoms with Gasteiger partial charge in [-0.1, -0.05) is 26.7 Å². The van der Waals surface area contributed by atoms with Crippen LogP contribution in [0.4, 0.5) is 11.4 Å². The molecule has 0 saturated carbocycles. The Morgan fingerprint density at radius 3 is 2.58 bits per heavy atom. The number of fused-ring (bicyclic) bond motifs is 1. The number of ether oxygens (including phenoxy) is 1. The number of hydrogen-bond donors (Lipinski definition) is 0. The minimum atomic E-state index is -0.116. The van der Waals surface area contributed by atoms with Crippen molar-refractivity contribution in [3.05, 3.63) is 45.6 Å². The van der Waals surface area contributed by atoms with Gasteiger partial charge in [-0.2, -0.15) is 9.78 Å². The smallest absolute Gasteiger partial charge is 0.277 e. The molecule has 1 aliphatic heterocycles. The molecule has 2 heterocycles. The molecule has 0 fully saturated rings. The van der Waals surface area contributed by atoms with Gasteiger partial charge in [-0.15, -0.1) is 0 Å². The van der Waals surface area contributed by atoms with Crippen LogP contribution in [0.2, 0.25) is 0 Å². The summed E-state index contributed by atoms with van der Waals surface area (Å²) in [6.45, 7) is 8.05. The fraction of sp³-hybridized carbons (Fsp3) is 0.500. The number of methoxy groups -OCH3 is 1. The standard InChI is InChI=1S/C24H33N5O2/c1-8-10-11-17(9-2)21-15(3)24(30)29-23(26-21)22(16(4)27-29)25-19-13-12-18(28(5)6)14-20(19)31-7/h12-14,17H,8-11H2,1-7H3. The molecule has 0 amide bonds. The summed E-state index contributed by atoms with van der Waals surface area (Å²) in [6, 6.07) is 5.85. The summed E-state index contributed by atoms with van der Waals surface area (Å²) in [6.07, 6.45) is 4.21. The van der Waals surface area contributed by atoms with E-state index >= 15 is 0 Å². The lowest BCUT2D eigenvalue weighted by molar-refractivity contribution is 0.416. The summed E-state index contributed by atoms with van der Waals surface area (Å²) in [7, 11) is 5.59. The van der Waals surface area contributed by atoms with Crippen molar-refractivity contribution in [3.8, 4) is 5.75 Å². The highest BCUT2D eigenvalue weighted by atomic mass is 16.5. The molecule has 1 aromatic heterocycles. The van der Waals surface area contributed by atoms with Crippen LogP contribution in [-0.4, -0.2) is 42.3 Å². The first-order chi connectivity index (χ1) is 14.8. The highest BCUT2D eigenvalue weighted by molar-refractivity contribution is 6.48. The summed E-state index contributed by atoms with van der Waals surface area (Å²) in [4.78, 5) is 24.9. The second kappa shape index (κ2) is 9.45. The Kier molecular flexibility index (Phi) is 6.93. The van der Waals surface area contributed by atoms with Crippen molar-refractivity contribution >= 4 is 22.8 Å². The number of aromatic nitrogens is 2. The number of anilines is 1. The van der Waals surface area contributed by atoms with Crippen molar-refractivity contribution in [3.63, 3.8) is 0 Å². The summed E-state index contributed by atoms with van der Waals surface area (Å²) in [5, 5.41) is 4.46. The third-order valence-electron chi connectivity index (χ3n) is 5.83. The lowest BCUT2D eigenvalue weighted by Crippen LogP contribution is -2.26. The Morgan fingerprint density at radius 1 is 1.23 bits per heavy atom. The first kappa shape index (κ1) is 22.7. The third-order valence-corrected chi connectivity index (χ3v) is 5.83. The minimum absolute atomic E-state index is 0.116. The van der Waals surface area contributed by atoms with E-state index < -0.39 is 0 Å². The number of benzene rings is 1. The van der Waals surface area contributed by atoms with Crippen molar-refractivity contribution in [1.29, 1.82) is 0 Å². The zero-order chi connectivity index (χ0) is 22.7. The number of aliphatic imine (C=N–C) groups is 1. The van der Waals surface area contributed by atoms with Gasteiger partial charge in [0.15, 0.2) is 5.82 Å². The molecule has 1 aromatic carbocycles. The van der Waals surface area contributed by atoms with Crippen molar-refractivity contribution in [1.82, 2.24) is 9.66 Å². The van der Waals surface area contributed by atoms with Crippen molar-refractivity contribution in [2.45, 2.75) is 59.3 Å². The first-order valence-electron chi connectivity index (χ1n) is 11.0. The maximum Gasteiger partial charge on any atom is 0.277 e. The predicted molar refractivity (Wildman–Crippen MR) is 128 cm³/mol. The van der Waals surface area contributed by atoms with Gasteiger partial charge in [0.05, 0.1) is 18.5 Å². The van der Waals surface area contributed by atoms with Gasteiger partial charge in [0.2, 0.25) is 0 Å². The van der Waals surface area contributed by atoms with Gasteiger partial charge in [0, 0.05) is 37.3 Å². The molecule has 0 N–H and O–H groups in total. The van der Waals surface area contributed by atoms with E-state index in [2.05, 4.69) is 18.9 Å². The number of nitrogens with zero attached hydrogens (tertiary/aromatic N) is 5. The van der Waals surface area contributed by atoms with E-state index in [1.807, 2.05) is 51.0 Å². The Hall–Kier alpha value is -2.96. The lowest BCUT2D eigenvalue weighted by atomic mass is 9.93. The van der Waals surface area contributed by atoms with E-state index in [0.29, 0.717) is 34.2 Å². The molecule has 1 atom stereocenters. The van der Waals surface area contributed by atoms with E-state index in [0.717, 1.165) is 37.1 Å². The van der Waals surface area contributed by atoms with Gasteiger partial charge in [0.1, 0.15) is 17.1 Å². The zero-order valence-electron chi connectivity index (χ0n) is 19.7. The third kappa shape index (κ3) is 4.40. The molecule has 0 spiro atoms. The second-order valence-electron chi connectivity index (χ2n) is 8.21. The molecule has 7 heteroatoms. The molecule has 3 rings (SSSR count). The normalized spacial score (nSPS) is 15.1. The molecule has 0 saturated heterocycles. The van der Waals surface area contributed by atoms with Crippen LogP contribution < -0.4 is 15.2 Å². The molecule has 7 nitrogen and oxygen atoms in total. The Morgan fingerprint density at radius 2 is 1.97 bits per heavy atom. The fourth-order valence-corrected chi connectivity index (χ4v) is 3.89. The van der Waals surface area contributed by atoms with Crippen LogP contribution in [-0.2, 0) is 0 Å². The van der Waals surface area contributed by atoms with E-state index in [9.17, 15) is 4.79 Å². The average Bonchev–Trinajstić information content (AvgIpc) is 3.07. The molecule has 0 bridgehead atoms. The largest absolute Gasteiger partial charge is 0.494 e. The molecule has 1 unspecified atom stereocenters. The van der Waals surface area contributed by atoms with Crippen molar-refractivity contribution in [2.75, 3.05) is 26.1 Å². The van der Waals surface area contributed by atoms with Gasteiger partial charge in [-0.25, -0.2) is 9.98 Å². The topological polar surface area (TPSA) is 72.1 Å². The molecule has 2 aromatic rings. The Labute approximate surface area is 184 Å². The number of unbranched alkanes of at least 4 members (excludes halogenated alkanes) is 1. The van der Waals surface area contributed by atoms with Crippen LogP contribution in [0.15, 0.2) is 33.1 Å². The Balaban J connectivity index is 2.13. The number of rotatable bonds is 8. The summed E-state index contributed by atoms with van der Waals surface area (Å²) in [5.74, 6) is 1.43. The van der Waals surface area contributed by atoms with Crippen LogP contribution in [0.3, 0.4) is 0 Å². The average molecular weight is 424 g/mol. The van der Waals surface area contributed by atoms with Crippen LogP contribution in [0.1, 0.15) is 69.5 Å². The molecular formula is C24H33N5O2. The molecule has 31 heavy (non-hydrogen) atoms. The van der Waals surface area contributed by atoms with Crippen LogP contribution in [0, 0.1) is 6.92 Å². The van der Waals surface area contributed by atoms with E-state index in [-0.39, 0.29) is 11.5 Å². The number of hydrogen-bond acceptors (Lipinski definition) is 6. The van der Waals surface area contributed by atoms with Crippen molar-refractivity contribution < 1.29 is 4.74 Å². The van der Waals surface area contributed by atoms with Crippen LogP contribution in [0.25, 0.3) is 0 Å². The zero-order valence-corrected chi connectivity index (χ0v) is 19.7. The van der Waals surface area contributed by atoms with E-state index in [1.165, 1.54) is 4.68 Å². The lowest BCUT2D eigenvalue weighted by Gasteiger charge is -2.17. The van der Waals surface area contributed by atoms with Crippen LogP contribution >= 0.6 is 0 Å². The molecular weight excluding hydrogens is 390 g/mol. The maximum absolute atomic E-state index is 13.1. The fourth-order valence-electron chi connectivity index (χ4n) is 3.89. The van der Waals surface area contributed by atoms with Crippen molar-refractivity contribution in [2.24, 2.45) is 10.1 Å². The summed E-state index contributed by atoms with van der Waals surface area (Å²) < 4.78 is 6.96. The first-order valence-corrected chi connectivity index (χ1v) is 11.0. The molecule has 0 aliphatic carbocycles. The minimum Gasteiger partial charge on any atom is -0.494 e. The van der Waals surface area contributed by atoms with Crippen LogP contribution in [0.5, 0.6) is 5.75 Å². The van der Waals surface area contributed by atoms with Gasteiger partial charge in [-0.05, 0) is 38.8 Å².